The van der Waals surface area contributed by atoms with Gasteiger partial charge in [0.15, 0.2) is 6.61 Å². The lowest BCUT2D eigenvalue weighted by Crippen LogP contribution is -2.32. The predicted molar refractivity (Wildman–Crippen MR) is 141 cm³/mol. The van der Waals surface area contributed by atoms with E-state index in [-0.39, 0.29) is 12.5 Å². The van der Waals surface area contributed by atoms with Crippen LogP contribution in [0.4, 0.5) is 11.4 Å². The van der Waals surface area contributed by atoms with Crippen LogP contribution < -0.4 is 25.5 Å². The lowest BCUT2D eigenvalue weighted by Gasteiger charge is -2.08. The van der Waals surface area contributed by atoms with Gasteiger partial charge in [0.25, 0.3) is 5.91 Å². The van der Waals surface area contributed by atoms with E-state index in [1.165, 1.54) is 6.21 Å². The molecule has 0 aliphatic carbocycles. The summed E-state index contributed by atoms with van der Waals surface area (Å²) < 4.78 is 11.8. The van der Waals surface area contributed by atoms with Crippen LogP contribution >= 0.6 is 15.9 Å². The second-order valence-corrected chi connectivity index (χ2v) is 8.11. The maximum absolute atomic E-state index is 12.0. The number of hydrogen-bond donors (Lipinski definition) is 3. The molecule has 0 heterocycles. The Balaban J connectivity index is 1.40. The van der Waals surface area contributed by atoms with Crippen molar-refractivity contribution in [2.45, 2.75) is 0 Å². The lowest BCUT2D eigenvalue weighted by atomic mass is 10.2. The monoisotopic (exact) mass is 550 g/mol. The van der Waals surface area contributed by atoms with Crippen LogP contribution in [0.2, 0.25) is 0 Å². The van der Waals surface area contributed by atoms with Gasteiger partial charge in [-0.15, -0.1) is 0 Å². The number of carbonyl (C=O) groups excluding carboxylic acids is 3. The van der Waals surface area contributed by atoms with Gasteiger partial charge in [0.05, 0.1) is 6.21 Å². The third-order valence-corrected chi connectivity index (χ3v) is 4.97. The van der Waals surface area contributed by atoms with Crippen LogP contribution in [-0.2, 0) is 14.4 Å². The molecule has 0 saturated carbocycles. The Bertz CT molecular complexity index is 1230. The van der Waals surface area contributed by atoms with Gasteiger partial charge in [0, 0.05) is 15.8 Å². The van der Waals surface area contributed by atoms with Gasteiger partial charge in [-0.3, -0.25) is 14.4 Å². The molecule has 0 aliphatic heterocycles. The Kier molecular flexibility index (Phi) is 9.78. The summed E-state index contributed by atoms with van der Waals surface area (Å²) in [6, 6.07) is 20.4. The first kappa shape index (κ1) is 26.2. The molecule has 3 aromatic rings. The zero-order valence-electron chi connectivity index (χ0n) is 19.1. The first-order valence-electron chi connectivity index (χ1n) is 10.7. The first-order chi connectivity index (χ1) is 17.4. The summed E-state index contributed by atoms with van der Waals surface area (Å²) in [5.74, 6) is -0.974. The SMILES string of the molecule is C=CCOc1ccc(NC(=O)C(=O)N/N=C\c2ccc(OCC(=O)Nc3ccc(Br)cc3)cc2)cc1. The molecule has 9 nitrogen and oxygen atoms in total. The van der Waals surface area contributed by atoms with E-state index in [1.54, 1.807) is 66.7 Å². The van der Waals surface area contributed by atoms with Crippen LogP contribution in [0.15, 0.2) is 95.0 Å². The van der Waals surface area contributed by atoms with Crippen molar-refractivity contribution < 1.29 is 23.9 Å². The van der Waals surface area contributed by atoms with E-state index in [0.29, 0.717) is 35.0 Å². The van der Waals surface area contributed by atoms with Gasteiger partial charge >= 0.3 is 11.8 Å². The van der Waals surface area contributed by atoms with Crippen molar-refractivity contribution >= 4 is 51.2 Å². The number of rotatable bonds is 10. The standard InChI is InChI=1S/C26H23BrN4O5/c1-2-15-35-22-13-9-21(10-14-22)30-25(33)26(34)31-28-16-18-3-11-23(12-4-18)36-17-24(32)29-20-7-5-19(27)6-8-20/h2-14,16H,1,15,17H2,(H,29,32)(H,30,33)(H,31,34)/b28-16-. The molecule has 0 aromatic heterocycles. The molecule has 0 radical (unpaired) electrons. The molecule has 0 spiro atoms. The summed E-state index contributed by atoms with van der Waals surface area (Å²) >= 11 is 3.34. The van der Waals surface area contributed by atoms with Gasteiger partial charge in [0.1, 0.15) is 18.1 Å². The zero-order valence-corrected chi connectivity index (χ0v) is 20.7. The molecule has 36 heavy (non-hydrogen) atoms. The number of carbonyl (C=O) groups is 3. The van der Waals surface area contributed by atoms with Crippen LogP contribution in [0.3, 0.4) is 0 Å². The van der Waals surface area contributed by atoms with Crippen LogP contribution in [0.5, 0.6) is 11.5 Å². The average Bonchev–Trinajstić information content (AvgIpc) is 2.89. The fourth-order valence-electron chi connectivity index (χ4n) is 2.72. The van der Waals surface area contributed by atoms with Gasteiger partial charge in [-0.2, -0.15) is 5.10 Å². The summed E-state index contributed by atoms with van der Waals surface area (Å²) in [7, 11) is 0. The Morgan fingerprint density at radius 1 is 0.806 bits per heavy atom. The van der Waals surface area contributed by atoms with E-state index in [9.17, 15) is 14.4 Å². The molecule has 10 heteroatoms. The molecule has 3 aromatic carbocycles. The van der Waals surface area contributed by atoms with Crippen LogP contribution in [0.1, 0.15) is 5.56 Å². The minimum absolute atomic E-state index is 0.154. The number of ether oxygens (including phenoxy) is 2. The van der Waals surface area contributed by atoms with Gasteiger partial charge in [0.2, 0.25) is 0 Å². The van der Waals surface area contributed by atoms with Gasteiger partial charge in [-0.25, -0.2) is 5.43 Å². The highest BCUT2D eigenvalue weighted by molar-refractivity contribution is 9.10. The number of nitrogens with one attached hydrogen (secondary N) is 3. The molecule has 0 atom stereocenters. The Morgan fingerprint density at radius 2 is 1.39 bits per heavy atom. The van der Waals surface area contributed by atoms with Crippen molar-refractivity contribution in [3.05, 3.63) is 95.5 Å². The average molecular weight is 551 g/mol. The fraction of sp³-hybridized carbons (Fsp3) is 0.0769. The minimum Gasteiger partial charge on any atom is -0.490 e. The number of amides is 3. The van der Waals surface area contributed by atoms with E-state index in [4.69, 9.17) is 9.47 Å². The Labute approximate surface area is 216 Å². The highest BCUT2D eigenvalue weighted by atomic mass is 79.9. The minimum atomic E-state index is -0.921. The highest BCUT2D eigenvalue weighted by Gasteiger charge is 2.12. The number of benzene rings is 3. The molecule has 0 aliphatic rings. The van der Waals surface area contributed by atoms with E-state index >= 15 is 0 Å². The summed E-state index contributed by atoms with van der Waals surface area (Å²) in [5, 5.41) is 8.99. The summed E-state index contributed by atoms with van der Waals surface area (Å²) in [4.78, 5) is 36.0. The molecule has 184 valence electrons. The summed E-state index contributed by atoms with van der Waals surface area (Å²) in [6.45, 7) is 3.78. The third kappa shape index (κ3) is 8.73. The number of nitrogens with zero attached hydrogens (tertiary/aromatic N) is 1. The fourth-order valence-corrected chi connectivity index (χ4v) is 2.99. The zero-order chi connectivity index (χ0) is 25.8. The second-order valence-electron chi connectivity index (χ2n) is 7.19. The van der Waals surface area contributed by atoms with E-state index in [2.05, 4.69) is 43.7 Å². The van der Waals surface area contributed by atoms with Crippen LogP contribution in [-0.4, -0.2) is 37.1 Å². The second kappa shape index (κ2) is 13.4. The van der Waals surface area contributed by atoms with Crippen molar-refractivity contribution in [1.29, 1.82) is 0 Å². The normalized spacial score (nSPS) is 10.4. The van der Waals surface area contributed by atoms with E-state index in [0.717, 1.165) is 4.47 Å². The van der Waals surface area contributed by atoms with Crippen molar-refractivity contribution in [1.82, 2.24) is 5.43 Å². The summed E-state index contributed by atoms with van der Waals surface area (Å²) in [5.41, 5.74) is 3.92. The lowest BCUT2D eigenvalue weighted by molar-refractivity contribution is -0.136. The number of hydrogen-bond acceptors (Lipinski definition) is 6. The molecule has 3 N–H and O–H groups in total. The molecule has 3 rings (SSSR count). The van der Waals surface area contributed by atoms with Crippen molar-refractivity contribution in [3.63, 3.8) is 0 Å². The number of halogens is 1. The summed E-state index contributed by atoms with van der Waals surface area (Å²) in [6.07, 6.45) is 3.00. The topological polar surface area (TPSA) is 118 Å². The quantitative estimate of drug-likeness (QED) is 0.152. The van der Waals surface area contributed by atoms with Crippen LogP contribution in [0.25, 0.3) is 0 Å². The van der Waals surface area contributed by atoms with Gasteiger partial charge in [-0.05, 0) is 78.4 Å². The van der Waals surface area contributed by atoms with Gasteiger partial charge in [-0.1, -0.05) is 28.6 Å². The number of anilines is 2. The molecule has 0 saturated heterocycles. The van der Waals surface area contributed by atoms with Crippen molar-refractivity contribution in [2.75, 3.05) is 23.8 Å². The maximum Gasteiger partial charge on any atom is 0.329 e. The number of hydrazone groups is 1. The van der Waals surface area contributed by atoms with Crippen molar-refractivity contribution in [2.24, 2.45) is 5.10 Å². The highest BCUT2D eigenvalue weighted by Crippen LogP contribution is 2.16. The van der Waals surface area contributed by atoms with Crippen LogP contribution in [0, 0.1) is 0 Å². The molecule has 0 unspecified atom stereocenters. The smallest absolute Gasteiger partial charge is 0.329 e. The van der Waals surface area contributed by atoms with E-state index < -0.39 is 11.8 Å². The third-order valence-electron chi connectivity index (χ3n) is 4.44. The van der Waals surface area contributed by atoms with Gasteiger partial charge < -0.3 is 20.1 Å². The Hall–Kier alpha value is -4.44. The van der Waals surface area contributed by atoms with E-state index in [1.807, 2.05) is 12.1 Å². The Morgan fingerprint density at radius 3 is 2.06 bits per heavy atom. The molecule has 3 amide bonds. The largest absolute Gasteiger partial charge is 0.490 e. The first-order valence-corrected chi connectivity index (χ1v) is 11.5. The molecule has 0 bridgehead atoms. The molecule has 0 fully saturated rings. The molecular weight excluding hydrogens is 528 g/mol. The molecular formula is C26H23BrN4O5. The predicted octanol–water partition coefficient (Wildman–Crippen LogP) is 4.12. The van der Waals surface area contributed by atoms with Crippen molar-refractivity contribution in [3.8, 4) is 11.5 Å². The maximum atomic E-state index is 12.0.